The van der Waals surface area contributed by atoms with E-state index in [0.29, 0.717) is 12.4 Å². The Morgan fingerprint density at radius 3 is 2.89 bits per heavy atom. The Hall–Kier alpha value is -2.25. The van der Waals surface area contributed by atoms with E-state index < -0.39 is 10.0 Å². The van der Waals surface area contributed by atoms with Gasteiger partial charge in [0, 0.05) is 24.9 Å². The largest absolute Gasteiger partial charge is 0.493 e. The van der Waals surface area contributed by atoms with Gasteiger partial charge in [0.1, 0.15) is 18.0 Å². The van der Waals surface area contributed by atoms with Crippen molar-refractivity contribution in [2.75, 3.05) is 19.8 Å². The Balaban J connectivity index is 1.36. The van der Waals surface area contributed by atoms with Crippen LogP contribution in [0, 0.1) is 0 Å². The minimum Gasteiger partial charge on any atom is -0.493 e. The predicted molar refractivity (Wildman–Crippen MR) is 101 cm³/mol. The molecule has 144 valence electrons. The highest BCUT2D eigenvalue weighted by molar-refractivity contribution is 7.89. The number of rotatable bonds is 6. The van der Waals surface area contributed by atoms with Gasteiger partial charge in [-0.3, -0.25) is 0 Å². The van der Waals surface area contributed by atoms with Crippen molar-refractivity contribution in [2.24, 2.45) is 0 Å². The van der Waals surface area contributed by atoms with E-state index >= 15 is 0 Å². The van der Waals surface area contributed by atoms with Crippen LogP contribution in [0.2, 0.25) is 0 Å². The Labute approximate surface area is 159 Å². The maximum absolute atomic E-state index is 12.5. The zero-order valence-electron chi connectivity index (χ0n) is 15.4. The van der Waals surface area contributed by atoms with Gasteiger partial charge in [-0.2, -0.15) is 0 Å². The van der Waals surface area contributed by atoms with Gasteiger partial charge in [-0.25, -0.2) is 13.1 Å². The Morgan fingerprint density at radius 1 is 1.19 bits per heavy atom. The fourth-order valence-corrected chi connectivity index (χ4v) is 4.51. The summed E-state index contributed by atoms with van der Waals surface area (Å²) in [7, 11) is -3.58. The molecule has 0 spiro atoms. The summed E-state index contributed by atoms with van der Waals surface area (Å²) in [6, 6.07) is 10.7. The van der Waals surface area contributed by atoms with Gasteiger partial charge < -0.3 is 14.2 Å². The van der Waals surface area contributed by atoms with Crippen molar-refractivity contribution in [3.05, 3.63) is 47.5 Å². The molecule has 0 atom stereocenters. The van der Waals surface area contributed by atoms with E-state index in [1.54, 1.807) is 18.2 Å². The molecule has 27 heavy (non-hydrogen) atoms. The van der Waals surface area contributed by atoms with Crippen molar-refractivity contribution in [3.63, 3.8) is 0 Å². The first-order valence-electron chi connectivity index (χ1n) is 9.03. The van der Waals surface area contributed by atoms with Crippen molar-refractivity contribution in [1.82, 2.24) is 4.72 Å². The molecule has 2 aliphatic rings. The van der Waals surface area contributed by atoms with Gasteiger partial charge in [0.15, 0.2) is 11.5 Å². The minimum absolute atomic E-state index is 0.170. The molecule has 0 bridgehead atoms. The summed E-state index contributed by atoms with van der Waals surface area (Å²) >= 11 is 0. The lowest BCUT2D eigenvalue weighted by molar-refractivity contribution is 0.132. The smallest absolute Gasteiger partial charge is 0.240 e. The summed E-state index contributed by atoms with van der Waals surface area (Å²) in [6.45, 7) is 5.05. The number of hydrogen-bond donors (Lipinski definition) is 1. The van der Waals surface area contributed by atoms with Gasteiger partial charge >= 0.3 is 0 Å². The number of benzene rings is 2. The van der Waals surface area contributed by atoms with Crippen LogP contribution in [0.3, 0.4) is 0 Å². The van der Waals surface area contributed by atoms with E-state index in [1.807, 2.05) is 32.0 Å². The molecule has 0 aliphatic carbocycles. The average molecular weight is 389 g/mol. The lowest BCUT2D eigenvalue weighted by atomic mass is 10.0. The lowest BCUT2D eigenvalue weighted by Crippen LogP contribution is -2.28. The molecule has 6 nitrogen and oxygen atoms in total. The first-order valence-corrected chi connectivity index (χ1v) is 10.5. The van der Waals surface area contributed by atoms with Crippen molar-refractivity contribution in [1.29, 1.82) is 0 Å². The fraction of sp³-hybridized carbons (Fsp3) is 0.400. The van der Waals surface area contributed by atoms with Gasteiger partial charge in [0.2, 0.25) is 10.0 Å². The maximum Gasteiger partial charge on any atom is 0.240 e. The zero-order valence-corrected chi connectivity index (χ0v) is 16.3. The Bertz CT molecular complexity index is 968. The zero-order chi connectivity index (χ0) is 19.1. The van der Waals surface area contributed by atoms with Gasteiger partial charge in [-0.15, -0.1) is 0 Å². The second-order valence-corrected chi connectivity index (χ2v) is 9.16. The molecule has 0 fully saturated rings. The van der Waals surface area contributed by atoms with Crippen molar-refractivity contribution in [2.45, 2.75) is 37.2 Å². The van der Waals surface area contributed by atoms with Crippen LogP contribution in [0.5, 0.6) is 17.2 Å². The third-order valence-electron chi connectivity index (χ3n) is 4.68. The van der Waals surface area contributed by atoms with E-state index in [4.69, 9.17) is 14.2 Å². The summed E-state index contributed by atoms with van der Waals surface area (Å²) < 4.78 is 44.7. The van der Waals surface area contributed by atoms with Gasteiger partial charge in [0.05, 0.1) is 11.5 Å². The number of ether oxygens (including phenoxy) is 3. The van der Waals surface area contributed by atoms with Gasteiger partial charge in [0.25, 0.3) is 0 Å². The van der Waals surface area contributed by atoms with Crippen LogP contribution >= 0.6 is 0 Å². The Kier molecular flexibility index (Phi) is 4.52. The molecule has 1 N–H and O–H groups in total. The van der Waals surface area contributed by atoms with Crippen LogP contribution in [0.15, 0.2) is 41.3 Å². The summed E-state index contributed by atoms with van der Waals surface area (Å²) in [5.74, 6) is 2.16. The molecular formula is C20H23NO5S. The molecule has 0 unspecified atom stereocenters. The molecule has 7 heteroatoms. The quantitative estimate of drug-likeness (QED) is 0.769. The van der Waals surface area contributed by atoms with Crippen LogP contribution in [-0.4, -0.2) is 33.8 Å². The lowest BCUT2D eigenvalue weighted by Gasteiger charge is -2.18. The van der Waals surface area contributed by atoms with Crippen molar-refractivity contribution in [3.8, 4) is 17.2 Å². The third-order valence-corrected chi connectivity index (χ3v) is 6.14. The summed E-state index contributed by atoms with van der Waals surface area (Å²) in [5.41, 5.74) is 1.79. The SMILES string of the molecule is CC1(C)Cc2cccc(OCCNS(=O)(=O)c3ccc4c(c3)CCO4)c2O1. The number of hydrogen-bond acceptors (Lipinski definition) is 5. The highest BCUT2D eigenvalue weighted by atomic mass is 32.2. The molecule has 2 aromatic rings. The molecule has 0 amide bonds. The molecule has 4 rings (SSSR count). The number of nitrogens with one attached hydrogen (secondary N) is 1. The summed E-state index contributed by atoms with van der Waals surface area (Å²) in [4.78, 5) is 0.248. The number of sulfonamides is 1. The molecule has 2 aliphatic heterocycles. The normalized spacial score (nSPS) is 17.0. The van der Waals surface area contributed by atoms with E-state index in [-0.39, 0.29) is 23.6 Å². The first-order chi connectivity index (χ1) is 12.8. The van der Waals surface area contributed by atoms with E-state index in [1.165, 1.54) is 0 Å². The predicted octanol–water partition coefficient (Wildman–Crippen LogP) is 2.69. The number of fused-ring (bicyclic) bond motifs is 2. The molecule has 0 saturated carbocycles. The summed E-state index contributed by atoms with van der Waals surface area (Å²) in [6.07, 6.45) is 1.56. The summed E-state index contributed by atoms with van der Waals surface area (Å²) in [5, 5.41) is 0. The molecule has 2 aromatic carbocycles. The molecule has 0 saturated heterocycles. The van der Waals surface area contributed by atoms with Gasteiger partial charge in [-0.05, 0) is 43.7 Å². The number of para-hydroxylation sites is 1. The van der Waals surface area contributed by atoms with Gasteiger partial charge in [-0.1, -0.05) is 12.1 Å². The second-order valence-electron chi connectivity index (χ2n) is 7.40. The second kappa shape index (κ2) is 6.73. The van der Waals surface area contributed by atoms with Crippen LogP contribution in [0.1, 0.15) is 25.0 Å². The highest BCUT2D eigenvalue weighted by Crippen LogP contribution is 2.41. The van der Waals surface area contributed by atoms with Crippen LogP contribution in [0.4, 0.5) is 0 Å². The fourth-order valence-electron chi connectivity index (χ4n) is 3.45. The van der Waals surface area contributed by atoms with Crippen LogP contribution in [0.25, 0.3) is 0 Å². The van der Waals surface area contributed by atoms with Crippen molar-refractivity contribution < 1.29 is 22.6 Å². The standard InChI is InChI=1S/C20H23NO5S/c1-20(2)13-15-4-3-5-18(19(15)26-20)25-11-9-21-27(22,23)16-6-7-17-14(12-16)8-10-24-17/h3-7,12,21H,8-11,13H2,1-2H3. The van der Waals surface area contributed by atoms with E-state index in [9.17, 15) is 8.42 Å². The average Bonchev–Trinajstić information content (AvgIpc) is 3.20. The topological polar surface area (TPSA) is 73.9 Å². The van der Waals surface area contributed by atoms with Crippen molar-refractivity contribution >= 4 is 10.0 Å². The third kappa shape index (κ3) is 3.75. The Morgan fingerprint density at radius 2 is 2.04 bits per heavy atom. The minimum atomic E-state index is -3.58. The van der Waals surface area contributed by atoms with E-state index in [2.05, 4.69) is 4.72 Å². The van der Waals surface area contributed by atoms with Crippen LogP contribution < -0.4 is 18.9 Å². The molecular weight excluding hydrogens is 366 g/mol. The monoisotopic (exact) mass is 389 g/mol. The van der Waals surface area contributed by atoms with Crippen LogP contribution in [-0.2, 0) is 22.9 Å². The molecule has 0 radical (unpaired) electrons. The highest BCUT2D eigenvalue weighted by Gasteiger charge is 2.32. The first kappa shape index (κ1) is 18.1. The maximum atomic E-state index is 12.5. The molecule has 2 heterocycles. The molecule has 0 aromatic heterocycles. The van der Waals surface area contributed by atoms with E-state index in [0.717, 1.165) is 35.5 Å².